The summed E-state index contributed by atoms with van der Waals surface area (Å²) in [6.07, 6.45) is -1.25. The van der Waals surface area contributed by atoms with E-state index in [9.17, 15) is 28.8 Å². The highest BCUT2D eigenvalue weighted by atomic mass is 32.1. The SMILES string of the molecule is CC(C)CC(NC(=O)C(CS)NC(=O)C(N)CCC(=O)O)C(=O)NC(CC(=O)O)C(=O)O. The van der Waals surface area contributed by atoms with Crippen LogP contribution in [-0.4, -0.2) is 80.9 Å². The Morgan fingerprint density at radius 1 is 0.812 bits per heavy atom. The number of carboxylic acids is 3. The van der Waals surface area contributed by atoms with Crippen molar-refractivity contribution in [1.29, 1.82) is 0 Å². The lowest BCUT2D eigenvalue weighted by molar-refractivity contribution is -0.147. The van der Waals surface area contributed by atoms with Gasteiger partial charge in [-0.05, 0) is 18.8 Å². The Morgan fingerprint density at radius 2 is 1.31 bits per heavy atom. The molecule has 0 saturated heterocycles. The lowest BCUT2D eigenvalue weighted by Gasteiger charge is -2.25. The van der Waals surface area contributed by atoms with E-state index in [4.69, 9.17) is 21.1 Å². The summed E-state index contributed by atoms with van der Waals surface area (Å²) < 4.78 is 0. The van der Waals surface area contributed by atoms with Gasteiger partial charge in [-0.2, -0.15) is 12.6 Å². The van der Waals surface area contributed by atoms with Gasteiger partial charge in [0.05, 0.1) is 12.5 Å². The Labute approximate surface area is 189 Å². The van der Waals surface area contributed by atoms with E-state index in [1.54, 1.807) is 13.8 Å². The van der Waals surface area contributed by atoms with Crippen LogP contribution in [-0.2, 0) is 28.8 Å². The van der Waals surface area contributed by atoms with Gasteiger partial charge >= 0.3 is 17.9 Å². The molecule has 8 N–H and O–H groups in total. The molecule has 0 aromatic rings. The molecule has 0 aromatic carbocycles. The molecule has 0 rings (SSSR count). The molecular weight excluding hydrogens is 448 g/mol. The van der Waals surface area contributed by atoms with E-state index in [2.05, 4.69) is 28.6 Å². The van der Waals surface area contributed by atoms with Gasteiger partial charge in [-0.1, -0.05) is 13.8 Å². The number of rotatable bonds is 15. The first-order valence-electron chi connectivity index (χ1n) is 9.72. The third kappa shape index (κ3) is 11.5. The normalized spacial score (nSPS) is 14.5. The topological polar surface area (TPSA) is 225 Å². The van der Waals surface area contributed by atoms with E-state index in [-0.39, 0.29) is 30.9 Å². The maximum absolute atomic E-state index is 12.6. The lowest BCUT2D eigenvalue weighted by Crippen LogP contribution is -2.58. The summed E-state index contributed by atoms with van der Waals surface area (Å²) in [5.74, 6) is -6.88. The summed E-state index contributed by atoms with van der Waals surface area (Å²) in [6, 6.07) is -5.29. The molecule has 0 fully saturated rings. The van der Waals surface area contributed by atoms with Gasteiger partial charge in [0.1, 0.15) is 18.1 Å². The smallest absolute Gasteiger partial charge is 0.326 e. The van der Waals surface area contributed by atoms with Gasteiger partial charge in [0.2, 0.25) is 17.7 Å². The number of hydrogen-bond acceptors (Lipinski definition) is 8. The zero-order valence-electron chi connectivity index (χ0n) is 17.7. The Bertz CT molecular complexity index is 717. The second-order valence-corrected chi connectivity index (χ2v) is 7.84. The fourth-order valence-corrected chi connectivity index (χ4v) is 2.76. The molecule has 0 aliphatic rings. The number of carbonyl (C=O) groups is 6. The maximum Gasteiger partial charge on any atom is 0.326 e. The summed E-state index contributed by atoms with van der Waals surface area (Å²) >= 11 is 3.99. The zero-order valence-corrected chi connectivity index (χ0v) is 18.6. The van der Waals surface area contributed by atoms with Crippen LogP contribution in [0.5, 0.6) is 0 Å². The number of carbonyl (C=O) groups excluding carboxylic acids is 3. The van der Waals surface area contributed by atoms with Crippen LogP contribution >= 0.6 is 12.6 Å². The molecule has 4 unspecified atom stereocenters. The first-order valence-corrected chi connectivity index (χ1v) is 10.4. The average Bonchev–Trinajstić information content (AvgIpc) is 2.67. The predicted molar refractivity (Wildman–Crippen MR) is 114 cm³/mol. The number of nitrogens with two attached hydrogens (primary N) is 1. The largest absolute Gasteiger partial charge is 0.481 e. The Kier molecular flexibility index (Phi) is 13.0. The number of hydrogen-bond donors (Lipinski definition) is 8. The van der Waals surface area contributed by atoms with E-state index in [0.717, 1.165) is 0 Å². The molecule has 4 atom stereocenters. The fraction of sp³-hybridized carbons (Fsp3) is 0.667. The number of thiol groups is 1. The maximum atomic E-state index is 12.6. The molecule has 0 aromatic heterocycles. The minimum atomic E-state index is -1.70. The first kappa shape index (κ1) is 29.1. The van der Waals surface area contributed by atoms with E-state index in [0.29, 0.717) is 0 Å². The van der Waals surface area contributed by atoms with E-state index in [1.807, 2.05) is 0 Å². The van der Waals surface area contributed by atoms with Crippen LogP contribution in [0.1, 0.15) is 39.5 Å². The molecule has 182 valence electrons. The molecule has 0 bridgehead atoms. The van der Waals surface area contributed by atoms with Crippen LogP contribution < -0.4 is 21.7 Å². The van der Waals surface area contributed by atoms with Crippen molar-refractivity contribution in [2.75, 3.05) is 5.75 Å². The van der Waals surface area contributed by atoms with Crippen molar-refractivity contribution < 1.29 is 44.1 Å². The van der Waals surface area contributed by atoms with Gasteiger partial charge in [-0.3, -0.25) is 24.0 Å². The second kappa shape index (κ2) is 14.2. The average molecular weight is 479 g/mol. The van der Waals surface area contributed by atoms with Gasteiger partial charge in [0.25, 0.3) is 0 Å². The summed E-state index contributed by atoms with van der Waals surface area (Å²) in [7, 11) is 0. The Balaban J connectivity index is 5.25. The van der Waals surface area contributed by atoms with Crippen LogP contribution in [0.15, 0.2) is 0 Å². The van der Waals surface area contributed by atoms with Gasteiger partial charge in [0, 0.05) is 12.2 Å². The summed E-state index contributed by atoms with van der Waals surface area (Å²) in [5, 5.41) is 33.4. The Morgan fingerprint density at radius 3 is 1.75 bits per heavy atom. The monoisotopic (exact) mass is 478 g/mol. The number of nitrogens with one attached hydrogen (secondary N) is 3. The third-order valence-corrected chi connectivity index (χ3v) is 4.52. The molecule has 14 heteroatoms. The molecule has 0 saturated carbocycles. The molecule has 0 radical (unpaired) electrons. The number of amides is 3. The van der Waals surface area contributed by atoms with Crippen molar-refractivity contribution in [2.45, 2.75) is 63.7 Å². The van der Waals surface area contributed by atoms with Crippen molar-refractivity contribution in [2.24, 2.45) is 11.7 Å². The highest BCUT2D eigenvalue weighted by Gasteiger charge is 2.31. The minimum Gasteiger partial charge on any atom is -0.481 e. The van der Waals surface area contributed by atoms with Crippen molar-refractivity contribution >= 4 is 48.3 Å². The standard InChI is InChI=1S/C18H30N4O9S/c1-8(2)5-10(16(28)21-11(18(30)31)6-14(25)26)20-17(29)12(7-32)22-15(27)9(19)3-4-13(23)24/h8-12,32H,3-7,19H2,1-2H3,(H,20,29)(H,21,28)(H,22,27)(H,23,24)(H,25,26)(H,30,31). The molecule has 0 spiro atoms. The lowest BCUT2D eigenvalue weighted by atomic mass is 10.0. The molecule has 3 amide bonds. The second-order valence-electron chi connectivity index (χ2n) is 7.47. The predicted octanol–water partition coefficient (Wildman–Crippen LogP) is -1.83. The van der Waals surface area contributed by atoms with E-state index in [1.165, 1.54) is 0 Å². The summed E-state index contributed by atoms with van der Waals surface area (Å²) in [5.41, 5.74) is 5.61. The summed E-state index contributed by atoms with van der Waals surface area (Å²) in [4.78, 5) is 69.8. The number of aliphatic carboxylic acids is 3. The molecule has 0 aliphatic carbocycles. The van der Waals surface area contributed by atoms with Crippen LogP contribution in [0.2, 0.25) is 0 Å². The van der Waals surface area contributed by atoms with Crippen LogP contribution in [0, 0.1) is 5.92 Å². The molecule has 13 nitrogen and oxygen atoms in total. The quantitative estimate of drug-likeness (QED) is 0.123. The first-order chi connectivity index (χ1) is 14.8. The van der Waals surface area contributed by atoms with E-state index >= 15 is 0 Å². The van der Waals surface area contributed by atoms with E-state index < -0.39 is 66.2 Å². The van der Waals surface area contributed by atoms with Gasteiger partial charge < -0.3 is 37.0 Å². The van der Waals surface area contributed by atoms with Crippen LogP contribution in [0.3, 0.4) is 0 Å². The van der Waals surface area contributed by atoms with Gasteiger partial charge in [0.15, 0.2) is 0 Å². The summed E-state index contributed by atoms with van der Waals surface area (Å²) in [6.45, 7) is 3.50. The highest BCUT2D eigenvalue weighted by molar-refractivity contribution is 7.80. The van der Waals surface area contributed by atoms with Crippen LogP contribution in [0.4, 0.5) is 0 Å². The van der Waals surface area contributed by atoms with Gasteiger partial charge in [-0.25, -0.2) is 4.79 Å². The van der Waals surface area contributed by atoms with Crippen molar-refractivity contribution in [3.05, 3.63) is 0 Å². The molecule has 0 aliphatic heterocycles. The molecule has 32 heavy (non-hydrogen) atoms. The highest BCUT2D eigenvalue weighted by Crippen LogP contribution is 2.07. The van der Waals surface area contributed by atoms with Crippen LogP contribution in [0.25, 0.3) is 0 Å². The van der Waals surface area contributed by atoms with Crippen molar-refractivity contribution in [1.82, 2.24) is 16.0 Å². The number of carboxylic acid groups (broad SMARTS) is 3. The fourth-order valence-electron chi connectivity index (χ4n) is 2.51. The van der Waals surface area contributed by atoms with Crippen molar-refractivity contribution in [3.8, 4) is 0 Å². The Hall–Kier alpha value is -2.87. The van der Waals surface area contributed by atoms with Crippen molar-refractivity contribution in [3.63, 3.8) is 0 Å². The van der Waals surface area contributed by atoms with Gasteiger partial charge in [-0.15, -0.1) is 0 Å². The molecular formula is C18H30N4O9S. The third-order valence-electron chi connectivity index (χ3n) is 4.15. The zero-order chi connectivity index (χ0) is 25.0. The molecule has 0 heterocycles. The minimum absolute atomic E-state index is 0.0996.